The van der Waals surface area contributed by atoms with Crippen LogP contribution in [0.15, 0.2) is 0 Å². The van der Waals surface area contributed by atoms with E-state index in [1.807, 2.05) is 0 Å². The summed E-state index contributed by atoms with van der Waals surface area (Å²) in [7, 11) is -5.14. The van der Waals surface area contributed by atoms with Crippen molar-refractivity contribution in [3.05, 3.63) is 0 Å². The quantitative estimate of drug-likeness (QED) is 0.735. The van der Waals surface area contributed by atoms with Gasteiger partial charge in [-0.15, -0.1) is 0 Å². The molecule has 0 amide bonds. The molecule has 2 atom stereocenters. The highest BCUT2D eigenvalue weighted by atomic mass is 32.2. The lowest BCUT2D eigenvalue weighted by Crippen LogP contribution is -2.47. The predicted octanol–water partition coefficient (Wildman–Crippen LogP) is 2.63. The number of alkyl halides is 3. The zero-order valence-corrected chi connectivity index (χ0v) is 10.2. The molecule has 2 rings (SSSR count). The number of sulfonamides is 1. The van der Waals surface area contributed by atoms with Crippen molar-refractivity contribution in [1.82, 2.24) is 4.31 Å². The summed E-state index contributed by atoms with van der Waals surface area (Å²) in [5.74, 6) is 0. The van der Waals surface area contributed by atoms with E-state index in [2.05, 4.69) is 0 Å². The van der Waals surface area contributed by atoms with Crippen LogP contribution >= 0.6 is 0 Å². The minimum Gasteiger partial charge on any atom is -0.203 e. The maximum Gasteiger partial charge on any atom is 0.511 e. The zero-order chi connectivity index (χ0) is 12.7. The van der Waals surface area contributed by atoms with Crippen LogP contribution in [0.4, 0.5) is 13.2 Å². The van der Waals surface area contributed by atoms with Crippen molar-refractivity contribution in [1.29, 1.82) is 0 Å². The van der Waals surface area contributed by atoms with Gasteiger partial charge in [0.2, 0.25) is 0 Å². The van der Waals surface area contributed by atoms with Crippen LogP contribution in [-0.2, 0) is 10.0 Å². The molecule has 0 aromatic rings. The van der Waals surface area contributed by atoms with E-state index in [1.165, 1.54) is 0 Å². The molecule has 17 heavy (non-hydrogen) atoms. The van der Waals surface area contributed by atoms with Gasteiger partial charge in [-0.1, -0.05) is 19.3 Å². The van der Waals surface area contributed by atoms with Gasteiger partial charge in [-0.2, -0.15) is 17.5 Å². The summed E-state index contributed by atoms with van der Waals surface area (Å²) in [6, 6.07) is -0.876. The number of hydrogen-bond acceptors (Lipinski definition) is 2. The van der Waals surface area contributed by atoms with E-state index in [-0.39, 0.29) is 0 Å². The Morgan fingerprint density at radius 2 is 1.35 bits per heavy atom. The number of nitrogens with zero attached hydrogens (tertiary/aromatic N) is 1. The Bertz CT molecular complexity index is 366. The molecular weight excluding hydrogens is 255 g/mol. The normalized spacial score (nSPS) is 32.2. The zero-order valence-electron chi connectivity index (χ0n) is 9.41. The Hall–Kier alpha value is -0.300. The largest absolute Gasteiger partial charge is 0.511 e. The first-order valence-electron chi connectivity index (χ1n) is 5.94. The van der Waals surface area contributed by atoms with Crippen molar-refractivity contribution in [2.24, 2.45) is 0 Å². The Labute approximate surface area is 99.0 Å². The molecule has 2 unspecified atom stereocenters. The fourth-order valence-electron chi connectivity index (χ4n) is 2.93. The first kappa shape index (κ1) is 13.1. The van der Waals surface area contributed by atoms with Crippen molar-refractivity contribution in [2.45, 2.75) is 62.5 Å². The van der Waals surface area contributed by atoms with Gasteiger partial charge in [-0.05, 0) is 25.7 Å². The number of rotatable bonds is 1. The third kappa shape index (κ3) is 2.31. The van der Waals surface area contributed by atoms with Crippen molar-refractivity contribution < 1.29 is 21.6 Å². The Kier molecular flexibility index (Phi) is 3.42. The monoisotopic (exact) mass is 271 g/mol. The van der Waals surface area contributed by atoms with Crippen molar-refractivity contribution in [3.63, 3.8) is 0 Å². The van der Waals surface area contributed by atoms with E-state index >= 15 is 0 Å². The van der Waals surface area contributed by atoms with Crippen LogP contribution in [-0.4, -0.2) is 30.3 Å². The molecule has 0 saturated carbocycles. The van der Waals surface area contributed by atoms with Crippen LogP contribution < -0.4 is 0 Å². The van der Waals surface area contributed by atoms with Crippen LogP contribution in [0.25, 0.3) is 0 Å². The van der Waals surface area contributed by atoms with Gasteiger partial charge < -0.3 is 0 Å². The van der Waals surface area contributed by atoms with Crippen LogP contribution in [0.5, 0.6) is 0 Å². The molecule has 2 fully saturated rings. The molecule has 0 aliphatic carbocycles. The fraction of sp³-hybridized carbons (Fsp3) is 1.00. The standard InChI is InChI=1S/C10H16F3NO2S/c11-10(12,13)17(15,16)14-8-4-2-1-3-5-9(14)7-6-8/h8-9H,1-7H2. The molecule has 3 nitrogen and oxygen atoms in total. The van der Waals surface area contributed by atoms with Gasteiger partial charge in [0.05, 0.1) is 0 Å². The van der Waals surface area contributed by atoms with E-state index < -0.39 is 27.6 Å². The second kappa shape index (κ2) is 4.42. The molecule has 2 aliphatic heterocycles. The lowest BCUT2D eigenvalue weighted by Gasteiger charge is -2.31. The first-order chi connectivity index (χ1) is 7.84. The highest BCUT2D eigenvalue weighted by Crippen LogP contribution is 2.40. The SMILES string of the molecule is O=S(=O)(N1C2CCCCCC1CC2)C(F)(F)F. The van der Waals surface area contributed by atoms with Crippen LogP contribution in [0, 0.1) is 0 Å². The molecule has 0 aromatic carbocycles. The maximum atomic E-state index is 12.6. The van der Waals surface area contributed by atoms with E-state index in [0.717, 1.165) is 23.6 Å². The van der Waals surface area contributed by atoms with E-state index in [4.69, 9.17) is 0 Å². The number of fused-ring (bicyclic) bond motifs is 2. The molecule has 0 aromatic heterocycles. The van der Waals surface area contributed by atoms with Gasteiger partial charge in [0, 0.05) is 12.1 Å². The van der Waals surface area contributed by atoms with Gasteiger partial charge in [0.15, 0.2) is 0 Å². The molecule has 2 aliphatic rings. The Balaban J connectivity index is 2.30. The van der Waals surface area contributed by atoms with Crippen molar-refractivity contribution >= 4 is 10.0 Å². The molecule has 0 radical (unpaired) electrons. The van der Waals surface area contributed by atoms with E-state index in [0.29, 0.717) is 25.7 Å². The second-order valence-corrected chi connectivity index (χ2v) is 6.64. The summed E-state index contributed by atoms with van der Waals surface area (Å²) in [6.45, 7) is 0. The maximum absolute atomic E-state index is 12.6. The summed E-state index contributed by atoms with van der Waals surface area (Å²) < 4.78 is 61.6. The average molecular weight is 271 g/mol. The topological polar surface area (TPSA) is 37.4 Å². The molecule has 2 saturated heterocycles. The van der Waals surface area contributed by atoms with E-state index in [1.54, 1.807) is 0 Å². The second-order valence-electron chi connectivity index (χ2n) is 4.80. The Morgan fingerprint density at radius 1 is 0.882 bits per heavy atom. The summed E-state index contributed by atoms with van der Waals surface area (Å²) >= 11 is 0. The third-order valence-corrected chi connectivity index (χ3v) is 5.43. The van der Waals surface area contributed by atoms with Gasteiger partial charge in [0.25, 0.3) is 0 Å². The number of halogens is 3. The van der Waals surface area contributed by atoms with Crippen LogP contribution in [0.3, 0.4) is 0 Å². The van der Waals surface area contributed by atoms with Crippen LogP contribution in [0.1, 0.15) is 44.9 Å². The first-order valence-corrected chi connectivity index (χ1v) is 7.38. The van der Waals surface area contributed by atoms with Gasteiger partial charge in [-0.3, -0.25) is 0 Å². The molecule has 0 N–H and O–H groups in total. The lowest BCUT2D eigenvalue weighted by atomic mass is 10.1. The molecule has 100 valence electrons. The molecular formula is C10H16F3NO2S. The summed E-state index contributed by atoms with van der Waals surface area (Å²) in [5.41, 5.74) is -5.16. The van der Waals surface area contributed by atoms with Crippen LogP contribution in [0.2, 0.25) is 0 Å². The minimum absolute atomic E-state index is 0.438. The molecule has 0 spiro atoms. The highest BCUT2D eigenvalue weighted by molar-refractivity contribution is 7.90. The Morgan fingerprint density at radius 3 is 1.76 bits per heavy atom. The lowest BCUT2D eigenvalue weighted by molar-refractivity contribution is -0.0507. The molecule has 7 heteroatoms. The summed E-state index contributed by atoms with van der Waals surface area (Å²) in [5, 5.41) is 0. The van der Waals surface area contributed by atoms with E-state index in [9.17, 15) is 21.6 Å². The smallest absolute Gasteiger partial charge is 0.203 e. The molecule has 2 bridgehead atoms. The summed E-state index contributed by atoms with van der Waals surface area (Å²) in [6.07, 6.45) is 4.90. The fourth-order valence-corrected chi connectivity index (χ4v) is 4.37. The number of hydrogen-bond donors (Lipinski definition) is 0. The molecule has 2 heterocycles. The minimum atomic E-state index is -5.16. The summed E-state index contributed by atoms with van der Waals surface area (Å²) in [4.78, 5) is 0. The highest BCUT2D eigenvalue weighted by Gasteiger charge is 2.55. The van der Waals surface area contributed by atoms with Crippen molar-refractivity contribution in [3.8, 4) is 0 Å². The third-order valence-electron chi connectivity index (χ3n) is 3.70. The van der Waals surface area contributed by atoms with Gasteiger partial charge >= 0.3 is 15.5 Å². The predicted molar refractivity (Wildman–Crippen MR) is 56.7 cm³/mol. The van der Waals surface area contributed by atoms with Gasteiger partial charge in [-0.25, -0.2) is 8.42 Å². The van der Waals surface area contributed by atoms with Crippen molar-refractivity contribution in [2.75, 3.05) is 0 Å². The van der Waals surface area contributed by atoms with Gasteiger partial charge in [0.1, 0.15) is 0 Å². The average Bonchev–Trinajstić information content (AvgIpc) is 2.58.